The summed E-state index contributed by atoms with van der Waals surface area (Å²) in [6.07, 6.45) is 1.44. The maximum atomic E-state index is 9.97. The molecule has 0 saturated carbocycles. The van der Waals surface area contributed by atoms with Crippen molar-refractivity contribution >= 4 is 29.3 Å². The minimum atomic E-state index is 0. The van der Waals surface area contributed by atoms with Gasteiger partial charge in [0.1, 0.15) is 6.29 Å². The SMILES string of the molecule is O=CCc1ccccc1.[H-].[H-].[Mg+2]. The first-order valence-corrected chi connectivity index (χ1v) is 2.91. The van der Waals surface area contributed by atoms with Crippen molar-refractivity contribution in [3.8, 4) is 0 Å². The molecular weight excluding hydrogens is 136 g/mol. The van der Waals surface area contributed by atoms with E-state index in [9.17, 15) is 4.79 Å². The third kappa shape index (κ3) is 2.99. The first-order valence-electron chi connectivity index (χ1n) is 2.91. The molecule has 0 aliphatic heterocycles. The van der Waals surface area contributed by atoms with Crippen LogP contribution in [0.5, 0.6) is 0 Å². The Morgan fingerprint density at radius 2 is 1.90 bits per heavy atom. The molecule has 0 aliphatic carbocycles. The minimum Gasteiger partial charge on any atom is -1.00 e. The van der Waals surface area contributed by atoms with Crippen LogP contribution in [0.2, 0.25) is 0 Å². The third-order valence-corrected chi connectivity index (χ3v) is 1.16. The Kier molecular flexibility index (Phi) is 5.25. The predicted molar refractivity (Wildman–Crippen MR) is 44.2 cm³/mol. The Bertz CT molecular complexity index is 192. The van der Waals surface area contributed by atoms with E-state index in [1.807, 2.05) is 30.3 Å². The second-order valence-electron chi connectivity index (χ2n) is 1.86. The first kappa shape index (κ1) is 9.66. The summed E-state index contributed by atoms with van der Waals surface area (Å²) in [6.45, 7) is 0. The molecule has 0 heterocycles. The van der Waals surface area contributed by atoms with E-state index < -0.39 is 0 Å². The standard InChI is InChI=1S/C8H8O.Mg.2H/c9-7-6-8-4-2-1-3-5-8;;;/h1-5,7H,6H2;;;/q;+2;2*-1. The maximum Gasteiger partial charge on any atom is 2.00 e. The molecule has 0 unspecified atom stereocenters. The topological polar surface area (TPSA) is 17.1 Å². The molecule has 1 aromatic rings. The van der Waals surface area contributed by atoms with Crippen LogP contribution in [0.1, 0.15) is 8.42 Å². The number of hydrogen-bond acceptors (Lipinski definition) is 1. The second-order valence-corrected chi connectivity index (χ2v) is 1.86. The summed E-state index contributed by atoms with van der Waals surface area (Å²) < 4.78 is 0. The Morgan fingerprint density at radius 1 is 1.30 bits per heavy atom. The van der Waals surface area contributed by atoms with Gasteiger partial charge < -0.3 is 7.65 Å². The van der Waals surface area contributed by atoms with E-state index in [2.05, 4.69) is 0 Å². The van der Waals surface area contributed by atoms with Gasteiger partial charge in [0.2, 0.25) is 0 Å². The zero-order valence-electron chi connectivity index (χ0n) is 7.79. The summed E-state index contributed by atoms with van der Waals surface area (Å²) in [6, 6.07) is 9.68. The fourth-order valence-electron chi connectivity index (χ4n) is 0.710. The van der Waals surface area contributed by atoms with Crippen LogP contribution in [0.25, 0.3) is 0 Å². The summed E-state index contributed by atoms with van der Waals surface area (Å²) in [5.41, 5.74) is 1.08. The number of hydrogen-bond donors (Lipinski definition) is 0. The molecule has 10 heavy (non-hydrogen) atoms. The summed E-state index contributed by atoms with van der Waals surface area (Å²) in [5, 5.41) is 0. The van der Waals surface area contributed by atoms with Gasteiger partial charge in [0.25, 0.3) is 0 Å². The number of carbonyl (C=O) groups is 1. The number of carbonyl (C=O) groups excluding carboxylic acids is 1. The van der Waals surface area contributed by atoms with Gasteiger partial charge in [-0.3, -0.25) is 0 Å². The molecular formula is C8H10MgO. The Morgan fingerprint density at radius 3 is 2.40 bits per heavy atom. The monoisotopic (exact) mass is 146 g/mol. The van der Waals surface area contributed by atoms with Crippen molar-refractivity contribution < 1.29 is 7.65 Å². The van der Waals surface area contributed by atoms with Crippen LogP contribution in [0.4, 0.5) is 0 Å². The van der Waals surface area contributed by atoms with Crippen molar-refractivity contribution in [2.24, 2.45) is 0 Å². The largest absolute Gasteiger partial charge is 2.00 e. The van der Waals surface area contributed by atoms with Gasteiger partial charge in [-0.25, -0.2) is 0 Å². The van der Waals surface area contributed by atoms with Gasteiger partial charge in [0.05, 0.1) is 0 Å². The van der Waals surface area contributed by atoms with Crippen molar-refractivity contribution in [3.05, 3.63) is 35.9 Å². The number of aldehydes is 1. The molecule has 1 nitrogen and oxygen atoms in total. The van der Waals surface area contributed by atoms with Crippen molar-refractivity contribution in [3.63, 3.8) is 0 Å². The molecule has 0 amide bonds. The average Bonchev–Trinajstić information content (AvgIpc) is 1.91. The van der Waals surface area contributed by atoms with E-state index in [1.54, 1.807) is 0 Å². The summed E-state index contributed by atoms with van der Waals surface area (Å²) >= 11 is 0. The first-order chi connectivity index (χ1) is 4.43. The van der Waals surface area contributed by atoms with Crippen LogP contribution < -0.4 is 0 Å². The zero-order chi connectivity index (χ0) is 6.53. The molecule has 0 bridgehead atoms. The van der Waals surface area contributed by atoms with Gasteiger partial charge >= 0.3 is 23.1 Å². The molecule has 50 valence electrons. The van der Waals surface area contributed by atoms with Gasteiger partial charge in [-0.1, -0.05) is 30.3 Å². The summed E-state index contributed by atoms with van der Waals surface area (Å²) in [7, 11) is 0. The normalized spacial score (nSPS) is 8.00. The quantitative estimate of drug-likeness (QED) is 0.454. The van der Waals surface area contributed by atoms with Crippen LogP contribution in [0, 0.1) is 0 Å². The van der Waals surface area contributed by atoms with Gasteiger partial charge in [-0.2, -0.15) is 0 Å². The zero-order valence-corrected chi connectivity index (χ0v) is 7.20. The second kappa shape index (κ2) is 5.44. The molecule has 0 radical (unpaired) electrons. The minimum absolute atomic E-state index is 0. The van der Waals surface area contributed by atoms with E-state index in [1.165, 1.54) is 0 Å². The Hall–Kier alpha value is -0.344. The van der Waals surface area contributed by atoms with Crippen LogP contribution >= 0.6 is 0 Å². The van der Waals surface area contributed by atoms with Gasteiger partial charge in [0.15, 0.2) is 0 Å². The Balaban J connectivity index is -0.000000270. The van der Waals surface area contributed by atoms with Crippen molar-refractivity contribution in [1.29, 1.82) is 0 Å². The van der Waals surface area contributed by atoms with Crippen LogP contribution in [0.15, 0.2) is 30.3 Å². The van der Waals surface area contributed by atoms with Crippen LogP contribution in [0.3, 0.4) is 0 Å². The van der Waals surface area contributed by atoms with E-state index in [-0.39, 0.29) is 25.9 Å². The van der Waals surface area contributed by atoms with E-state index in [0.717, 1.165) is 11.8 Å². The molecule has 0 spiro atoms. The van der Waals surface area contributed by atoms with Gasteiger partial charge in [-0.15, -0.1) is 0 Å². The molecule has 0 fully saturated rings. The summed E-state index contributed by atoms with van der Waals surface area (Å²) in [4.78, 5) is 9.97. The average molecular weight is 146 g/mol. The number of benzene rings is 1. The molecule has 1 aromatic carbocycles. The molecule has 0 saturated heterocycles. The molecule has 0 N–H and O–H groups in total. The van der Waals surface area contributed by atoms with Crippen molar-refractivity contribution in [1.82, 2.24) is 0 Å². The van der Waals surface area contributed by atoms with Crippen LogP contribution in [-0.2, 0) is 11.2 Å². The van der Waals surface area contributed by atoms with Crippen molar-refractivity contribution in [2.45, 2.75) is 6.42 Å². The fraction of sp³-hybridized carbons (Fsp3) is 0.125. The van der Waals surface area contributed by atoms with Crippen molar-refractivity contribution in [2.75, 3.05) is 0 Å². The molecule has 2 heteroatoms. The molecule has 0 aliphatic rings. The Labute approximate surface area is 79.6 Å². The maximum absolute atomic E-state index is 9.97. The van der Waals surface area contributed by atoms with Crippen LogP contribution in [-0.4, -0.2) is 29.3 Å². The smallest absolute Gasteiger partial charge is 1.00 e. The van der Waals surface area contributed by atoms with E-state index in [4.69, 9.17) is 0 Å². The predicted octanol–water partition coefficient (Wildman–Crippen LogP) is 1.27. The fourth-order valence-corrected chi connectivity index (χ4v) is 0.710. The molecule has 1 rings (SSSR count). The van der Waals surface area contributed by atoms with Gasteiger partial charge in [0, 0.05) is 6.42 Å². The molecule has 0 atom stereocenters. The van der Waals surface area contributed by atoms with E-state index in [0.29, 0.717) is 6.42 Å². The third-order valence-electron chi connectivity index (χ3n) is 1.16. The van der Waals surface area contributed by atoms with Gasteiger partial charge in [-0.05, 0) is 5.56 Å². The molecule has 0 aromatic heterocycles. The summed E-state index contributed by atoms with van der Waals surface area (Å²) in [5.74, 6) is 0. The number of rotatable bonds is 2. The van der Waals surface area contributed by atoms with E-state index >= 15 is 0 Å².